The molecule has 1 saturated carbocycles. The molecular formula is C28H39N3O6S. The number of carbonyl (C=O) groups is 2. The molecule has 0 saturated heterocycles. The van der Waals surface area contributed by atoms with E-state index in [-0.39, 0.29) is 24.2 Å². The molecule has 2 aromatic rings. The second-order valence-corrected chi connectivity index (χ2v) is 11.6. The summed E-state index contributed by atoms with van der Waals surface area (Å²) in [5.41, 5.74) is 1.89. The van der Waals surface area contributed by atoms with Crippen LogP contribution in [-0.2, 0) is 26.2 Å². The summed E-state index contributed by atoms with van der Waals surface area (Å²) >= 11 is 0. The fraction of sp³-hybridized carbons (Fsp3) is 0.500. The van der Waals surface area contributed by atoms with Crippen LogP contribution in [0.5, 0.6) is 11.5 Å². The van der Waals surface area contributed by atoms with Crippen LogP contribution >= 0.6 is 0 Å². The van der Waals surface area contributed by atoms with Gasteiger partial charge in [0.1, 0.15) is 24.1 Å². The molecule has 3 rings (SSSR count). The van der Waals surface area contributed by atoms with Gasteiger partial charge in [-0.15, -0.1) is 0 Å². The molecule has 10 heteroatoms. The fourth-order valence-corrected chi connectivity index (χ4v) is 5.65. The van der Waals surface area contributed by atoms with E-state index < -0.39 is 28.5 Å². The SMILES string of the molecule is CC[C@@H](C(=O)NC1CCCC1)N(Cc1ccc(OC)cc1)C(=O)CN(c1cc(C)ccc1OC)S(C)(=O)=O. The molecule has 38 heavy (non-hydrogen) atoms. The van der Waals surface area contributed by atoms with Gasteiger partial charge in [0.25, 0.3) is 0 Å². The molecule has 1 aliphatic carbocycles. The van der Waals surface area contributed by atoms with Crippen molar-refractivity contribution in [1.82, 2.24) is 10.2 Å². The summed E-state index contributed by atoms with van der Waals surface area (Å²) in [4.78, 5) is 28.8. The average molecular weight is 546 g/mol. The van der Waals surface area contributed by atoms with E-state index in [1.54, 1.807) is 37.4 Å². The van der Waals surface area contributed by atoms with E-state index in [4.69, 9.17) is 9.47 Å². The van der Waals surface area contributed by atoms with Crippen LogP contribution in [0.4, 0.5) is 5.69 Å². The van der Waals surface area contributed by atoms with Gasteiger partial charge in [0.05, 0.1) is 26.2 Å². The van der Waals surface area contributed by atoms with Crippen LogP contribution in [0.15, 0.2) is 42.5 Å². The molecule has 2 amide bonds. The van der Waals surface area contributed by atoms with Crippen molar-refractivity contribution < 1.29 is 27.5 Å². The van der Waals surface area contributed by atoms with E-state index in [2.05, 4.69) is 5.32 Å². The Kier molecular flexibility index (Phi) is 10.0. The molecule has 1 atom stereocenters. The van der Waals surface area contributed by atoms with Crippen LogP contribution in [0.2, 0.25) is 0 Å². The Morgan fingerprint density at radius 3 is 2.26 bits per heavy atom. The maximum Gasteiger partial charge on any atom is 0.244 e. The average Bonchev–Trinajstić information content (AvgIpc) is 3.39. The molecular weight excluding hydrogens is 506 g/mol. The van der Waals surface area contributed by atoms with Crippen molar-refractivity contribution in [2.75, 3.05) is 31.3 Å². The Bertz CT molecular complexity index is 1210. The van der Waals surface area contributed by atoms with Crippen molar-refractivity contribution in [1.29, 1.82) is 0 Å². The van der Waals surface area contributed by atoms with Gasteiger partial charge >= 0.3 is 0 Å². The molecule has 0 aliphatic heterocycles. The summed E-state index contributed by atoms with van der Waals surface area (Å²) in [5.74, 6) is 0.303. The number of benzene rings is 2. The van der Waals surface area contributed by atoms with Crippen LogP contribution in [0.1, 0.15) is 50.2 Å². The standard InChI is InChI=1S/C28H39N3O6S/c1-6-24(28(33)29-22-9-7-8-10-22)30(18-21-12-14-23(36-3)15-13-21)27(32)19-31(38(5,34)35)25-17-20(2)11-16-26(25)37-4/h11-17,22,24H,6-10,18-19H2,1-5H3,(H,29,33)/t24-/m0/s1. The van der Waals surface area contributed by atoms with Gasteiger partial charge in [0.2, 0.25) is 21.8 Å². The predicted molar refractivity (Wildman–Crippen MR) is 148 cm³/mol. The highest BCUT2D eigenvalue weighted by molar-refractivity contribution is 7.92. The van der Waals surface area contributed by atoms with E-state index in [0.717, 1.165) is 47.4 Å². The third-order valence-corrected chi connectivity index (χ3v) is 8.01. The monoisotopic (exact) mass is 545 g/mol. The second-order valence-electron chi connectivity index (χ2n) is 9.73. The summed E-state index contributed by atoms with van der Waals surface area (Å²) < 4.78 is 37.5. The number of carbonyl (C=O) groups excluding carboxylic acids is 2. The third-order valence-electron chi connectivity index (χ3n) is 6.88. The second kappa shape index (κ2) is 13.0. The largest absolute Gasteiger partial charge is 0.497 e. The van der Waals surface area contributed by atoms with Gasteiger partial charge in [-0.2, -0.15) is 0 Å². The van der Waals surface area contributed by atoms with Crippen molar-refractivity contribution in [3.05, 3.63) is 53.6 Å². The molecule has 208 valence electrons. The molecule has 9 nitrogen and oxygen atoms in total. The van der Waals surface area contributed by atoms with Gasteiger partial charge in [-0.25, -0.2) is 8.42 Å². The molecule has 1 fully saturated rings. The number of aryl methyl sites for hydroxylation is 1. The minimum Gasteiger partial charge on any atom is -0.497 e. The van der Waals surface area contributed by atoms with E-state index in [1.165, 1.54) is 12.0 Å². The summed E-state index contributed by atoms with van der Waals surface area (Å²) in [6, 6.07) is 11.7. The lowest BCUT2D eigenvalue weighted by Gasteiger charge is -2.33. The minimum atomic E-state index is -3.86. The highest BCUT2D eigenvalue weighted by Gasteiger charge is 2.33. The molecule has 0 bridgehead atoms. The lowest BCUT2D eigenvalue weighted by Crippen LogP contribution is -2.53. The smallest absolute Gasteiger partial charge is 0.244 e. The summed E-state index contributed by atoms with van der Waals surface area (Å²) in [6.45, 7) is 3.36. The van der Waals surface area contributed by atoms with Crippen molar-refractivity contribution >= 4 is 27.5 Å². The number of methoxy groups -OCH3 is 2. The van der Waals surface area contributed by atoms with E-state index >= 15 is 0 Å². The summed E-state index contributed by atoms with van der Waals surface area (Å²) in [6.07, 6.45) is 5.41. The van der Waals surface area contributed by atoms with Gasteiger partial charge in [-0.1, -0.05) is 38.0 Å². The van der Waals surface area contributed by atoms with Gasteiger partial charge in [-0.3, -0.25) is 13.9 Å². The quantitative estimate of drug-likeness (QED) is 0.437. The first-order chi connectivity index (χ1) is 18.1. The number of amides is 2. The number of hydrogen-bond acceptors (Lipinski definition) is 6. The zero-order valence-corrected chi connectivity index (χ0v) is 23.7. The van der Waals surface area contributed by atoms with Crippen LogP contribution < -0.4 is 19.1 Å². The number of ether oxygens (including phenoxy) is 2. The normalized spacial score (nSPS) is 14.6. The molecule has 0 aromatic heterocycles. The Balaban J connectivity index is 1.96. The number of sulfonamides is 1. The molecule has 0 spiro atoms. The van der Waals surface area contributed by atoms with Crippen LogP contribution in [0.25, 0.3) is 0 Å². The summed E-state index contributed by atoms with van der Waals surface area (Å²) in [7, 11) is -0.835. The molecule has 0 heterocycles. The lowest BCUT2D eigenvalue weighted by molar-refractivity contribution is -0.140. The van der Waals surface area contributed by atoms with Crippen molar-refractivity contribution in [3.8, 4) is 11.5 Å². The van der Waals surface area contributed by atoms with Crippen LogP contribution in [-0.4, -0.2) is 64.2 Å². The first-order valence-corrected chi connectivity index (χ1v) is 14.8. The number of hydrogen-bond donors (Lipinski definition) is 1. The topological polar surface area (TPSA) is 105 Å². The Morgan fingerprint density at radius 2 is 1.71 bits per heavy atom. The Labute approximate surface area is 226 Å². The minimum absolute atomic E-state index is 0.0959. The summed E-state index contributed by atoms with van der Waals surface area (Å²) in [5, 5.41) is 3.11. The fourth-order valence-electron chi connectivity index (χ4n) is 4.80. The van der Waals surface area contributed by atoms with E-state index in [9.17, 15) is 18.0 Å². The number of anilines is 1. The van der Waals surface area contributed by atoms with Crippen molar-refractivity contribution in [2.45, 2.75) is 64.6 Å². The number of rotatable bonds is 12. The van der Waals surface area contributed by atoms with E-state index in [0.29, 0.717) is 17.9 Å². The highest BCUT2D eigenvalue weighted by atomic mass is 32.2. The van der Waals surface area contributed by atoms with Gasteiger partial charge < -0.3 is 19.7 Å². The van der Waals surface area contributed by atoms with Gasteiger partial charge in [-0.05, 0) is 61.6 Å². The van der Waals surface area contributed by atoms with Crippen LogP contribution in [0.3, 0.4) is 0 Å². The maximum atomic E-state index is 13.9. The third kappa shape index (κ3) is 7.40. The zero-order valence-electron chi connectivity index (χ0n) is 22.9. The van der Waals surface area contributed by atoms with Crippen molar-refractivity contribution in [3.63, 3.8) is 0 Å². The molecule has 1 N–H and O–H groups in total. The molecule has 1 aliphatic rings. The highest BCUT2D eigenvalue weighted by Crippen LogP contribution is 2.31. The lowest BCUT2D eigenvalue weighted by atomic mass is 10.1. The number of nitrogens with zero attached hydrogens (tertiary/aromatic N) is 2. The molecule has 0 radical (unpaired) electrons. The molecule has 2 aromatic carbocycles. The Hall–Kier alpha value is -3.27. The van der Waals surface area contributed by atoms with Gasteiger partial charge in [0, 0.05) is 12.6 Å². The van der Waals surface area contributed by atoms with Gasteiger partial charge in [0.15, 0.2) is 0 Å². The van der Waals surface area contributed by atoms with Crippen LogP contribution in [0, 0.1) is 6.92 Å². The first-order valence-electron chi connectivity index (χ1n) is 12.9. The first kappa shape index (κ1) is 29.3. The zero-order chi connectivity index (χ0) is 27.9. The Morgan fingerprint density at radius 1 is 1.05 bits per heavy atom. The molecule has 0 unspecified atom stereocenters. The van der Waals surface area contributed by atoms with Crippen molar-refractivity contribution in [2.24, 2.45) is 0 Å². The van der Waals surface area contributed by atoms with E-state index in [1.807, 2.05) is 26.0 Å². The maximum absolute atomic E-state index is 13.9. The number of nitrogens with one attached hydrogen (secondary N) is 1. The predicted octanol–water partition coefficient (Wildman–Crippen LogP) is 3.64.